The van der Waals surface area contributed by atoms with Crippen LogP contribution in [-0.4, -0.2) is 5.78 Å². The van der Waals surface area contributed by atoms with E-state index in [1.165, 1.54) is 33.4 Å². The highest BCUT2D eigenvalue weighted by atomic mass is 16.1. The van der Waals surface area contributed by atoms with Crippen molar-refractivity contribution < 1.29 is 6.22 Å². The van der Waals surface area contributed by atoms with Gasteiger partial charge in [-0.05, 0) is 65.5 Å². The van der Waals surface area contributed by atoms with Crippen molar-refractivity contribution in [3.63, 3.8) is 0 Å². The highest BCUT2D eigenvalue weighted by molar-refractivity contribution is 5.91. The van der Waals surface area contributed by atoms with Gasteiger partial charge in [-0.2, -0.15) is 0 Å². The van der Waals surface area contributed by atoms with Gasteiger partial charge in [0.25, 0.3) is 0 Å². The van der Waals surface area contributed by atoms with Gasteiger partial charge in [0, 0.05) is 19.7 Å². The first-order chi connectivity index (χ1) is 17.2. The minimum Gasteiger partial charge on any atom is -0.299 e. The molecule has 0 radical (unpaired) electrons. The largest absolute Gasteiger partial charge is 0.299 e. The van der Waals surface area contributed by atoms with Crippen molar-refractivity contribution >= 4 is 17.4 Å². The number of allylic oxidation sites excluding steroid dienone is 1. The van der Waals surface area contributed by atoms with Gasteiger partial charge in [0.15, 0.2) is 0 Å². The SMILES string of the molecule is CC.CCCC(CCCc1cccc(C2=Cc3ccccc3C2C)c1)C(=O)CCc1ccccc1.[HH]. The van der Waals surface area contributed by atoms with Crippen molar-refractivity contribution in [1.29, 1.82) is 0 Å². The van der Waals surface area contributed by atoms with Gasteiger partial charge in [0.2, 0.25) is 0 Å². The van der Waals surface area contributed by atoms with E-state index in [1.807, 2.05) is 19.9 Å². The zero-order valence-corrected chi connectivity index (χ0v) is 22.1. The average Bonchev–Trinajstić information content (AvgIpc) is 3.25. The molecule has 0 amide bonds. The third kappa shape index (κ3) is 7.28. The normalized spacial score (nSPS) is 15.0. The van der Waals surface area contributed by atoms with Crippen LogP contribution in [0, 0.1) is 5.92 Å². The van der Waals surface area contributed by atoms with E-state index in [1.54, 1.807) is 0 Å². The van der Waals surface area contributed by atoms with Gasteiger partial charge >= 0.3 is 0 Å². The van der Waals surface area contributed by atoms with Crippen LogP contribution in [0.2, 0.25) is 0 Å². The van der Waals surface area contributed by atoms with E-state index >= 15 is 0 Å². The standard InChI is InChI=1S/C32H36O.C2H6.H2/c1-3-11-27(32(33)21-20-25-12-5-4-6-13-25)17-9-14-26-15-10-18-28(22-26)31-23-29-16-7-8-19-30(29)24(31)2;1-2;/h4-8,10,12-13,15-16,18-19,22-24,27H,3,9,11,14,17,20-21H2,1-2H3;1-2H3;1H. The molecule has 186 valence electrons. The molecule has 0 saturated carbocycles. The minimum atomic E-state index is 0. The van der Waals surface area contributed by atoms with Gasteiger partial charge in [-0.15, -0.1) is 0 Å². The smallest absolute Gasteiger partial charge is 0.136 e. The van der Waals surface area contributed by atoms with E-state index in [2.05, 4.69) is 92.7 Å². The molecule has 3 aromatic rings. The molecular weight excluding hydrogens is 424 g/mol. The molecule has 0 saturated heterocycles. The summed E-state index contributed by atoms with van der Waals surface area (Å²) in [5, 5.41) is 0. The van der Waals surface area contributed by atoms with Crippen LogP contribution in [0.15, 0.2) is 78.9 Å². The predicted molar refractivity (Wildman–Crippen MR) is 154 cm³/mol. The average molecular weight is 469 g/mol. The molecule has 0 spiro atoms. The second-order valence-electron chi connectivity index (χ2n) is 9.48. The summed E-state index contributed by atoms with van der Waals surface area (Å²) in [6.07, 6.45) is 9.06. The Balaban J connectivity index is 0.00000148. The molecule has 3 aromatic carbocycles. The lowest BCUT2D eigenvalue weighted by Crippen LogP contribution is -2.15. The highest BCUT2D eigenvalue weighted by Gasteiger charge is 2.22. The quantitative estimate of drug-likeness (QED) is 0.274. The molecule has 0 bridgehead atoms. The third-order valence-electron chi connectivity index (χ3n) is 7.11. The van der Waals surface area contributed by atoms with Crippen LogP contribution in [0.5, 0.6) is 0 Å². The van der Waals surface area contributed by atoms with Gasteiger partial charge in [-0.25, -0.2) is 0 Å². The van der Waals surface area contributed by atoms with Crippen LogP contribution < -0.4 is 0 Å². The Morgan fingerprint density at radius 3 is 2.31 bits per heavy atom. The first-order valence-corrected chi connectivity index (χ1v) is 13.6. The first-order valence-electron chi connectivity index (χ1n) is 13.6. The summed E-state index contributed by atoms with van der Waals surface area (Å²) in [7, 11) is 0. The van der Waals surface area contributed by atoms with Gasteiger partial charge in [-0.3, -0.25) is 4.79 Å². The fourth-order valence-electron chi connectivity index (χ4n) is 5.22. The molecule has 2 atom stereocenters. The first kappa shape index (κ1) is 26.7. The van der Waals surface area contributed by atoms with Crippen LogP contribution in [0.1, 0.15) is 95.0 Å². The monoisotopic (exact) mass is 468 g/mol. The fourth-order valence-corrected chi connectivity index (χ4v) is 5.22. The van der Waals surface area contributed by atoms with Crippen molar-refractivity contribution in [3.8, 4) is 0 Å². The molecule has 1 nitrogen and oxygen atoms in total. The Bertz CT molecular complexity index is 1100. The van der Waals surface area contributed by atoms with Crippen molar-refractivity contribution in [3.05, 3.63) is 107 Å². The number of aryl methyl sites for hydroxylation is 2. The van der Waals surface area contributed by atoms with E-state index in [0.29, 0.717) is 18.1 Å². The molecule has 0 aromatic heterocycles. The van der Waals surface area contributed by atoms with Gasteiger partial charge < -0.3 is 0 Å². The molecule has 4 rings (SSSR count). The summed E-state index contributed by atoms with van der Waals surface area (Å²) in [5.41, 5.74) is 8.16. The number of carbonyl (C=O) groups excluding carboxylic acids is 1. The van der Waals surface area contributed by atoms with Crippen molar-refractivity contribution in [1.82, 2.24) is 0 Å². The van der Waals surface area contributed by atoms with Gasteiger partial charge in [0.1, 0.15) is 5.78 Å². The molecule has 0 aliphatic heterocycles. The predicted octanol–water partition coefficient (Wildman–Crippen LogP) is 9.56. The van der Waals surface area contributed by atoms with Crippen LogP contribution >= 0.6 is 0 Å². The van der Waals surface area contributed by atoms with E-state index in [9.17, 15) is 4.79 Å². The second kappa shape index (κ2) is 13.8. The Labute approximate surface area is 214 Å². The maximum absolute atomic E-state index is 12.9. The zero-order chi connectivity index (χ0) is 25.0. The van der Waals surface area contributed by atoms with Crippen LogP contribution in [0.25, 0.3) is 11.6 Å². The molecular formula is C34H44O. The summed E-state index contributed by atoms with van der Waals surface area (Å²) in [6.45, 7) is 8.50. The fraction of sp³-hybridized carbons (Fsp3) is 0.382. The number of Topliss-reactive ketones (excluding diaryl/α,β-unsaturated/α-hetero) is 1. The lowest BCUT2D eigenvalue weighted by molar-refractivity contribution is -0.123. The number of hydrogen-bond acceptors (Lipinski definition) is 1. The van der Waals surface area contributed by atoms with E-state index in [0.717, 1.165) is 38.5 Å². The molecule has 0 N–H and O–H groups in total. The molecule has 1 aliphatic rings. The van der Waals surface area contributed by atoms with Gasteiger partial charge in [0.05, 0.1) is 0 Å². The summed E-state index contributed by atoms with van der Waals surface area (Å²) >= 11 is 0. The number of benzene rings is 3. The van der Waals surface area contributed by atoms with Crippen molar-refractivity contribution in [2.45, 2.75) is 78.6 Å². The Hall–Kier alpha value is -2.93. The second-order valence-corrected chi connectivity index (χ2v) is 9.48. The topological polar surface area (TPSA) is 17.1 Å². The molecule has 0 fully saturated rings. The summed E-state index contributed by atoms with van der Waals surface area (Å²) in [6, 6.07) is 28.1. The molecule has 35 heavy (non-hydrogen) atoms. The van der Waals surface area contributed by atoms with Crippen LogP contribution in [0.3, 0.4) is 0 Å². The van der Waals surface area contributed by atoms with E-state index < -0.39 is 0 Å². The zero-order valence-electron chi connectivity index (χ0n) is 22.1. The number of fused-ring (bicyclic) bond motifs is 1. The summed E-state index contributed by atoms with van der Waals surface area (Å²) < 4.78 is 0. The highest BCUT2D eigenvalue weighted by Crippen LogP contribution is 2.41. The van der Waals surface area contributed by atoms with Crippen molar-refractivity contribution in [2.75, 3.05) is 0 Å². The molecule has 2 unspecified atom stereocenters. The van der Waals surface area contributed by atoms with Crippen molar-refractivity contribution in [2.24, 2.45) is 5.92 Å². The Morgan fingerprint density at radius 2 is 1.57 bits per heavy atom. The molecule has 0 heterocycles. The Morgan fingerprint density at radius 1 is 0.857 bits per heavy atom. The number of hydrogen-bond donors (Lipinski definition) is 0. The maximum atomic E-state index is 12.9. The van der Waals surface area contributed by atoms with Crippen LogP contribution in [0.4, 0.5) is 0 Å². The number of rotatable bonds is 11. The van der Waals surface area contributed by atoms with E-state index in [4.69, 9.17) is 0 Å². The molecule has 1 aliphatic carbocycles. The van der Waals surface area contributed by atoms with Crippen LogP contribution in [-0.2, 0) is 17.6 Å². The van der Waals surface area contributed by atoms with Gasteiger partial charge in [-0.1, -0.05) is 119 Å². The maximum Gasteiger partial charge on any atom is 0.136 e. The Kier molecular flexibility index (Phi) is 10.5. The lowest BCUT2D eigenvalue weighted by atomic mass is 9.88. The van der Waals surface area contributed by atoms with E-state index in [-0.39, 0.29) is 7.34 Å². The number of carbonyl (C=O) groups is 1. The lowest BCUT2D eigenvalue weighted by Gasteiger charge is -2.16. The summed E-state index contributed by atoms with van der Waals surface area (Å²) in [4.78, 5) is 12.9. The minimum absolute atomic E-state index is 0. The molecule has 1 heteroatoms. The number of ketones is 1. The third-order valence-corrected chi connectivity index (χ3v) is 7.11. The summed E-state index contributed by atoms with van der Waals surface area (Å²) in [5.74, 6) is 1.08.